The second kappa shape index (κ2) is 68.8. The zero-order chi connectivity index (χ0) is 70.7. The molecule has 5 atom stereocenters. The Morgan fingerprint density at radius 1 is 0.281 bits per heavy atom. The van der Waals surface area contributed by atoms with Crippen LogP contribution in [-0.2, 0) is 65.4 Å². The number of ether oxygens (including phenoxy) is 4. The highest BCUT2D eigenvalue weighted by atomic mass is 31.2. The minimum atomic E-state index is -4.96. The summed E-state index contributed by atoms with van der Waals surface area (Å²) < 4.78 is 68.4. The normalized spacial score (nSPS) is 14.0. The number of hydrogen-bond acceptors (Lipinski definition) is 15. The molecule has 0 aliphatic rings. The molecule has 0 saturated carbocycles. The molecule has 0 aromatic carbocycles. The highest BCUT2D eigenvalue weighted by molar-refractivity contribution is 7.47. The lowest BCUT2D eigenvalue weighted by molar-refractivity contribution is -0.161. The van der Waals surface area contributed by atoms with Gasteiger partial charge in [-0.1, -0.05) is 350 Å². The Labute approximate surface area is 588 Å². The number of phosphoric acid groups is 2. The number of esters is 4. The molecule has 0 aromatic heterocycles. The lowest BCUT2D eigenvalue weighted by Crippen LogP contribution is -2.30. The Morgan fingerprint density at radius 2 is 0.479 bits per heavy atom. The number of aliphatic hydroxyl groups is 1. The predicted octanol–water partition coefficient (Wildman–Crippen LogP) is 22.7. The largest absolute Gasteiger partial charge is 0.472 e. The maximum absolute atomic E-state index is 13.1. The van der Waals surface area contributed by atoms with E-state index in [9.17, 15) is 43.2 Å². The maximum Gasteiger partial charge on any atom is 0.472 e. The van der Waals surface area contributed by atoms with Crippen LogP contribution >= 0.6 is 15.6 Å². The third-order valence-corrected chi connectivity index (χ3v) is 19.9. The summed E-state index contributed by atoms with van der Waals surface area (Å²) in [6, 6.07) is 0. The molecule has 0 aliphatic carbocycles. The SMILES string of the molecule is CCCCCCCCCCCCCC(=O)O[C@H](COC(=O)CCCCCCCCC)COP(=O)(O)OC[C@H](O)COP(=O)(O)OC[C@@H](COC(=O)CCCCCCCCCCCCCCCCCCC(C)C)OC(=O)CCCCCCCCCCCCCCCCCCC(C)C. The third-order valence-electron chi connectivity index (χ3n) is 18.0. The lowest BCUT2D eigenvalue weighted by Gasteiger charge is -2.21. The molecule has 0 aliphatic heterocycles. The molecule has 2 unspecified atom stereocenters. The molecule has 96 heavy (non-hydrogen) atoms. The van der Waals surface area contributed by atoms with Crippen molar-refractivity contribution in [3.63, 3.8) is 0 Å². The van der Waals surface area contributed by atoms with Gasteiger partial charge in [-0.2, -0.15) is 0 Å². The smallest absolute Gasteiger partial charge is 0.462 e. The van der Waals surface area contributed by atoms with Crippen molar-refractivity contribution in [3.8, 4) is 0 Å². The Bertz CT molecular complexity index is 1860. The number of carbonyl (C=O) groups is 4. The van der Waals surface area contributed by atoms with Crippen molar-refractivity contribution in [1.29, 1.82) is 0 Å². The monoisotopic (exact) mass is 1410 g/mol. The number of unbranched alkanes of at least 4 members (excludes halogenated alkanes) is 46. The maximum atomic E-state index is 13.1. The van der Waals surface area contributed by atoms with E-state index in [1.165, 1.54) is 205 Å². The molecule has 0 heterocycles. The Morgan fingerprint density at radius 3 is 0.708 bits per heavy atom. The van der Waals surface area contributed by atoms with Crippen LogP contribution < -0.4 is 0 Å². The average molecular weight is 1410 g/mol. The van der Waals surface area contributed by atoms with Crippen LogP contribution in [0, 0.1) is 11.8 Å². The molecule has 570 valence electrons. The second-order valence-corrected chi connectivity index (χ2v) is 31.6. The summed E-state index contributed by atoms with van der Waals surface area (Å²) >= 11 is 0. The fourth-order valence-corrected chi connectivity index (χ4v) is 13.4. The van der Waals surface area contributed by atoms with Gasteiger partial charge < -0.3 is 33.8 Å². The van der Waals surface area contributed by atoms with Gasteiger partial charge in [0.25, 0.3) is 0 Å². The van der Waals surface area contributed by atoms with Crippen molar-refractivity contribution < 1.29 is 80.2 Å². The van der Waals surface area contributed by atoms with Crippen molar-refractivity contribution in [3.05, 3.63) is 0 Å². The minimum absolute atomic E-state index is 0.107. The van der Waals surface area contributed by atoms with Gasteiger partial charge in [-0.05, 0) is 37.5 Å². The van der Waals surface area contributed by atoms with E-state index >= 15 is 0 Å². The molecule has 0 bridgehead atoms. The minimum Gasteiger partial charge on any atom is -0.462 e. The van der Waals surface area contributed by atoms with Gasteiger partial charge in [-0.15, -0.1) is 0 Å². The zero-order valence-corrected chi connectivity index (χ0v) is 64.5. The number of rotatable bonds is 76. The highest BCUT2D eigenvalue weighted by Gasteiger charge is 2.30. The van der Waals surface area contributed by atoms with Crippen molar-refractivity contribution in [2.45, 2.75) is 419 Å². The van der Waals surface area contributed by atoms with E-state index in [1.54, 1.807) is 0 Å². The van der Waals surface area contributed by atoms with E-state index in [0.717, 1.165) is 115 Å². The van der Waals surface area contributed by atoms with Crippen LogP contribution in [0.15, 0.2) is 0 Å². The van der Waals surface area contributed by atoms with E-state index in [1.807, 2.05) is 0 Å². The van der Waals surface area contributed by atoms with E-state index in [-0.39, 0.29) is 25.7 Å². The summed E-state index contributed by atoms with van der Waals surface area (Å²) in [7, 11) is -9.90. The molecule has 19 heteroatoms. The molecule has 17 nitrogen and oxygen atoms in total. The first-order valence-electron chi connectivity index (χ1n) is 40.0. The first-order valence-corrected chi connectivity index (χ1v) is 43.0. The molecule has 0 radical (unpaired) electrons. The van der Waals surface area contributed by atoms with Crippen molar-refractivity contribution >= 4 is 39.5 Å². The zero-order valence-electron chi connectivity index (χ0n) is 62.7. The Kier molecular flexibility index (Phi) is 67.4. The van der Waals surface area contributed by atoms with Crippen molar-refractivity contribution in [2.75, 3.05) is 39.6 Å². The second-order valence-electron chi connectivity index (χ2n) is 28.7. The number of phosphoric ester groups is 2. The summed E-state index contributed by atoms with van der Waals surface area (Å²) in [5.41, 5.74) is 0. The molecule has 0 aromatic rings. The number of aliphatic hydroxyl groups excluding tert-OH is 1. The van der Waals surface area contributed by atoms with Crippen LogP contribution in [0.3, 0.4) is 0 Å². The summed E-state index contributed by atoms with van der Waals surface area (Å²) in [5, 5.41) is 10.6. The number of hydrogen-bond donors (Lipinski definition) is 3. The fraction of sp³-hybridized carbons (Fsp3) is 0.948. The molecule has 0 saturated heterocycles. The van der Waals surface area contributed by atoms with E-state index < -0.39 is 97.5 Å². The quantitative estimate of drug-likeness (QED) is 0.0222. The first kappa shape index (κ1) is 94.1. The Balaban J connectivity index is 5.17. The van der Waals surface area contributed by atoms with Crippen LogP contribution in [0.2, 0.25) is 0 Å². The predicted molar refractivity (Wildman–Crippen MR) is 391 cm³/mol. The van der Waals surface area contributed by atoms with Crippen molar-refractivity contribution in [2.24, 2.45) is 11.8 Å². The standard InChI is InChI=1S/C77H150O17P2/c1-7-9-11-13-15-16-29-37-43-49-55-61-76(81)93-72(65-87-74(79)59-53-47-39-14-12-10-8-2)67-91-95(83,84)89-63-71(78)64-90-96(85,86)92-68-73(94-77(82)62-56-50-44-38-33-28-24-20-18-22-26-31-35-41-46-52-58-70(5)6)66-88-75(80)60-54-48-42-36-32-27-23-19-17-21-25-30-34-40-45-51-57-69(3)4/h69-73,78H,7-68H2,1-6H3,(H,83,84)(H,85,86)/t71-,72+,73+/m0/s1. The molecule has 0 fully saturated rings. The first-order chi connectivity index (χ1) is 46.4. The summed E-state index contributed by atoms with van der Waals surface area (Å²) in [6.45, 7) is 9.62. The fourth-order valence-electron chi connectivity index (χ4n) is 11.8. The molecule has 0 spiro atoms. The van der Waals surface area contributed by atoms with Crippen LogP contribution in [0.1, 0.15) is 401 Å². The Hall–Kier alpha value is -1.94. The molecular weight excluding hydrogens is 1260 g/mol. The average Bonchev–Trinajstić information content (AvgIpc) is 1.18. The topological polar surface area (TPSA) is 237 Å². The van der Waals surface area contributed by atoms with Gasteiger partial charge in [0.05, 0.1) is 26.4 Å². The van der Waals surface area contributed by atoms with Gasteiger partial charge in [0.2, 0.25) is 0 Å². The van der Waals surface area contributed by atoms with Crippen LogP contribution in [0.25, 0.3) is 0 Å². The molecule has 3 N–H and O–H groups in total. The molecule has 0 amide bonds. The molecular formula is C77H150O17P2. The summed E-state index contributed by atoms with van der Waals surface area (Å²) in [5.74, 6) is -0.497. The van der Waals surface area contributed by atoms with Crippen molar-refractivity contribution in [1.82, 2.24) is 0 Å². The van der Waals surface area contributed by atoms with Gasteiger partial charge in [-0.3, -0.25) is 37.3 Å². The van der Waals surface area contributed by atoms with Gasteiger partial charge in [0.15, 0.2) is 12.2 Å². The van der Waals surface area contributed by atoms with Crippen LogP contribution in [0.5, 0.6) is 0 Å². The van der Waals surface area contributed by atoms with Gasteiger partial charge in [-0.25, -0.2) is 9.13 Å². The summed E-state index contributed by atoms with van der Waals surface area (Å²) in [6.07, 6.45) is 57.0. The summed E-state index contributed by atoms with van der Waals surface area (Å²) in [4.78, 5) is 72.7. The van der Waals surface area contributed by atoms with E-state index in [2.05, 4.69) is 41.5 Å². The molecule has 0 rings (SSSR count). The number of carbonyl (C=O) groups excluding carboxylic acids is 4. The van der Waals surface area contributed by atoms with Crippen LogP contribution in [-0.4, -0.2) is 96.7 Å². The highest BCUT2D eigenvalue weighted by Crippen LogP contribution is 2.45. The lowest BCUT2D eigenvalue weighted by atomic mass is 10.0. The van der Waals surface area contributed by atoms with Gasteiger partial charge in [0, 0.05) is 25.7 Å². The van der Waals surface area contributed by atoms with Gasteiger partial charge >= 0.3 is 39.5 Å². The van der Waals surface area contributed by atoms with Gasteiger partial charge in [0.1, 0.15) is 19.3 Å². The third kappa shape index (κ3) is 70.5. The van der Waals surface area contributed by atoms with Crippen LogP contribution in [0.4, 0.5) is 0 Å². The van der Waals surface area contributed by atoms with E-state index in [0.29, 0.717) is 25.7 Å². The van der Waals surface area contributed by atoms with E-state index in [4.69, 9.17) is 37.0 Å².